The minimum absolute atomic E-state index is 0.0543. The monoisotopic (exact) mass is 277 g/mol. The molecule has 108 valence electrons. The predicted octanol–water partition coefficient (Wildman–Crippen LogP) is 0.630. The second kappa shape index (κ2) is 6.27. The Bertz CT molecular complexity index is 516. The molecule has 0 atom stereocenters. The van der Waals surface area contributed by atoms with E-state index in [1.165, 1.54) is 4.90 Å². The van der Waals surface area contributed by atoms with Crippen molar-refractivity contribution in [3.05, 3.63) is 23.8 Å². The highest BCUT2D eigenvalue weighted by Gasteiger charge is 2.25. The average molecular weight is 277 g/mol. The van der Waals surface area contributed by atoms with Crippen molar-refractivity contribution in [2.75, 3.05) is 32.0 Å². The number of carbonyl (C=O) groups excluding carboxylic acids is 2. The first-order valence-electron chi connectivity index (χ1n) is 6.70. The fourth-order valence-corrected chi connectivity index (χ4v) is 2.19. The van der Waals surface area contributed by atoms with E-state index in [-0.39, 0.29) is 18.4 Å². The highest BCUT2D eigenvalue weighted by Crippen LogP contribution is 2.26. The van der Waals surface area contributed by atoms with Crippen LogP contribution in [0.5, 0.6) is 5.75 Å². The lowest BCUT2D eigenvalue weighted by Crippen LogP contribution is -2.37. The zero-order chi connectivity index (χ0) is 14.5. The van der Waals surface area contributed by atoms with Gasteiger partial charge in [0.1, 0.15) is 11.3 Å². The SMILES string of the molecule is CCOc1cccc(N)c1C(=O)N1CCCNC(=O)C1. The van der Waals surface area contributed by atoms with E-state index in [0.717, 1.165) is 6.42 Å². The van der Waals surface area contributed by atoms with Gasteiger partial charge in [0.05, 0.1) is 13.2 Å². The molecule has 1 aliphatic heterocycles. The summed E-state index contributed by atoms with van der Waals surface area (Å²) in [5, 5.41) is 2.74. The van der Waals surface area contributed by atoms with Gasteiger partial charge in [0.15, 0.2) is 0 Å². The van der Waals surface area contributed by atoms with Gasteiger partial charge >= 0.3 is 0 Å². The second-order valence-corrected chi connectivity index (χ2v) is 4.58. The summed E-state index contributed by atoms with van der Waals surface area (Å²) in [4.78, 5) is 25.7. The van der Waals surface area contributed by atoms with Crippen LogP contribution in [0.2, 0.25) is 0 Å². The van der Waals surface area contributed by atoms with Crippen molar-refractivity contribution in [3.8, 4) is 5.75 Å². The number of anilines is 1. The number of nitrogens with two attached hydrogens (primary N) is 1. The van der Waals surface area contributed by atoms with Crippen LogP contribution in [-0.2, 0) is 4.79 Å². The Balaban J connectivity index is 2.29. The first kappa shape index (κ1) is 14.2. The van der Waals surface area contributed by atoms with Gasteiger partial charge in [0.2, 0.25) is 5.91 Å². The Labute approximate surface area is 117 Å². The molecule has 0 aromatic heterocycles. The number of rotatable bonds is 3. The van der Waals surface area contributed by atoms with Crippen molar-refractivity contribution in [2.24, 2.45) is 0 Å². The molecule has 0 bridgehead atoms. The Morgan fingerprint density at radius 3 is 3.05 bits per heavy atom. The summed E-state index contributed by atoms with van der Waals surface area (Å²) in [6, 6.07) is 5.12. The van der Waals surface area contributed by atoms with Crippen LogP contribution < -0.4 is 15.8 Å². The lowest BCUT2D eigenvalue weighted by atomic mass is 10.1. The lowest BCUT2D eigenvalue weighted by molar-refractivity contribution is -0.121. The van der Waals surface area contributed by atoms with E-state index in [0.29, 0.717) is 36.7 Å². The topological polar surface area (TPSA) is 84.7 Å². The van der Waals surface area contributed by atoms with Gasteiger partial charge in [0.25, 0.3) is 5.91 Å². The Kier molecular flexibility index (Phi) is 4.45. The van der Waals surface area contributed by atoms with Gasteiger partial charge in [0, 0.05) is 18.8 Å². The van der Waals surface area contributed by atoms with E-state index in [1.807, 2.05) is 6.92 Å². The van der Waals surface area contributed by atoms with Gasteiger partial charge in [-0.2, -0.15) is 0 Å². The van der Waals surface area contributed by atoms with Crippen LogP contribution in [-0.4, -0.2) is 43.0 Å². The molecule has 0 aliphatic carbocycles. The molecule has 1 fully saturated rings. The van der Waals surface area contributed by atoms with Gasteiger partial charge in [-0.05, 0) is 25.5 Å². The number of carbonyl (C=O) groups is 2. The molecule has 6 nitrogen and oxygen atoms in total. The van der Waals surface area contributed by atoms with Gasteiger partial charge in [-0.15, -0.1) is 0 Å². The molecule has 2 amide bonds. The summed E-state index contributed by atoms with van der Waals surface area (Å²) < 4.78 is 5.46. The molecule has 1 aliphatic rings. The van der Waals surface area contributed by atoms with Crippen molar-refractivity contribution in [3.63, 3.8) is 0 Å². The van der Waals surface area contributed by atoms with E-state index in [1.54, 1.807) is 18.2 Å². The third-order valence-corrected chi connectivity index (χ3v) is 3.12. The summed E-state index contributed by atoms with van der Waals surface area (Å²) in [5.41, 5.74) is 6.61. The van der Waals surface area contributed by atoms with Crippen molar-refractivity contribution < 1.29 is 14.3 Å². The molecule has 3 N–H and O–H groups in total. The number of nitrogens with zero attached hydrogens (tertiary/aromatic N) is 1. The molecular weight excluding hydrogens is 258 g/mol. The standard InChI is InChI=1S/C14H19N3O3/c1-2-20-11-6-3-5-10(15)13(11)14(19)17-8-4-7-16-12(18)9-17/h3,5-6H,2,4,7-9,15H2,1H3,(H,16,18). The van der Waals surface area contributed by atoms with Crippen LogP contribution in [0.4, 0.5) is 5.69 Å². The zero-order valence-electron chi connectivity index (χ0n) is 11.5. The molecule has 0 radical (unpaired) electrons. The van der Waals surface area contributed by atoms with Crippen LogP contribution in [0, 0.1) is 0 Å². The Morgan fingerprint density at radius 1 is 1.50 bits per heavy atom. The molecule has 6 heteroatoms. The summed E-state index contributed by atoms with van der Waals surface area (Å²) in [5.74, 6) is 0.0501. The second-order valence-electron chi connectivity index (χ2n) is 4.58. The molecule has 1 saturated heterocycles. The smallest absolute Gasteiger partial charge is 0.260 e. The minimum atomic E-state index is -0.261. The normalized spacial score (nSPS) is 15.4. The summed E-state index contributed by atoms with van der Waals surface area (Å²) in [7, 11) is 0. The van der Waals surface area contributed by atoms with Crippen LogP contribution >= 0.6 is 0 Å². The minimum Gasteiger partial charge on any atom is -0.493 e. The average Bonchev–Trinajstić information content (AvgIpc) is 2.63. The van der Waals surface area contributed by atoms with Crippen LogP contribution in [0.15, 0.2) is 18.2 Å². The van der Waals surface area contributed by atoms with Crippen molar-refractivity contribution >= 4 is 17.5 Å². The number of ether oxygens (including phenoxy) is 1. The lowest BCUT2D eigenvalue weighted by Gasteiger charge is -2.21. The van der Waals surface area contributed by atoms with Crippen molar-refractivity contribution in [1.82, 2.24) is 10.2 Å². The number of benzene rings is 1. The fraction of sp³-hybridized carbons (Fsp3) is 0.429. The van der Waals surface area contributed by atoms with Crippen LogP contribution in [0.1, 0.15) is 23.7 Å². The van der Waals surface area contributed by atoms with Gasteiger partial charge < -0.3 is 20.7 Å². The van der Waals surface area contributed by atoms with Gasteiger partial charge in [-0.3, -0.25) is 9.59 Å². The van der Waals surface area contributed by atoms with Crippen molar-refractivity contribution in [2.45, 2.75) is 13.3 Å². The quantitative estimate of drug-likeness (QED) is 0.794. The number of hydrogen-bond donors (Lipinski definition) is 2. The number of hydrogen-bond acceptors (Lipinski definition) is 4. The molecule has 1 aromatic rings. The molecule has 20 heavy (non-hydrogen) atoms. The van der Waals surface area contributed by atoms with E-state index in [4.69, 9.17) is 10.5 Å². The van der Waals surface area contributed by atoms with Gasteiger partial charge in [-0.1, -0.05) is 6.07 Å². The number of nitrogen functional groups attached to an aromatic ring is 1. The Hall–Kier alpha value is -2.24. The summed E-state index contributed by atoms with van der Waals surface area (Å²) in [6.45, 7) is 3.46. The first-order chi connectivity index (χ1) is 9.63. The predicted molar refractivity (Wildman–Crippen MR) is 75.6 cm³/mol. The maximum absolute atomic E-state index is 12.6. The number of nitrogens with one attached hydrogen (secondary N) is 1. The highest BCUT2D eigenvalue weighted by atomic mass is 16.5. The maximum Gasteiger partial charge on any atom is 0.260 e. The third-order valence-electron chi connectivity index (χ3n) is 3.12. The summed E-state index contributed by atoms with van der Waals surface area (Å²) in [6.07, 6.45) is 0.730. The molecule has 0 unspecified atom stereocenters. The molecule has 0 saturated carbocycles. The van der Waals surface area contributed by atoms with Gasteiger partial charge in [-0.25, -0.2) is 0 Å². The molecule has 2 rings (SSSR count). The van der Waals surface area contributed by atoms with E-state index >= 15 is 0 Å². The largest absolute Gasteiger partial charge is 0.493 e. The maximum atomic E-state index is 12.6. The molecule has 0 spiro atoms. The van der Waals surface area contributed by atoms with Crippen LogP contribution in [0.3, 0.4) is 0 Å². The van der Waals surface area contributed by atoms with Crippen LogP contribution in [0.25, 0.3) is 0 Å². The van der Waals surface area contributed by atoms with E-state index in [2.05, 4.69) is 5.32 Å². The molecular formula is C14H19N3O3. The zero-order valence-corrected chi connectivity index (χ0v) is 11.5. The summed E-state index contributed by atoms with van der Waals surface area (Å²) >= 11 is 0. The molecule has 1 aromatic carbocycles. The number of amides is 2. The first-order valence-corrected chi connectivity index (χ1v) is 6.70. The van der Waals surface area contributed by atoms with Crippen molar-refractivity contribution in [1.29, 1.82) is 0 Å². The van der Waals surface area contributed by atoms with E-state index in [9.17, 15) is 9.59 Å². The third kappa shape index (κ3) is 3.01. The Morgan fingerprint density at radius 2 is 2.30 bits per heavy atom. The fourth-order valence-electron chi connectivity index (χ4n) is 2.19. The highest BCUT2D eigenvalue weighted by molar-refractivity contribution is 6.03. The molecule has 1 heterocycles. The van der Waals surface area contributed by atoms with E-state index < -0.39 is 0 Å².